The number of hydrogen-bond acceptors (Lipinski definition) is 3. The number of benzene rings is 1. The fourth-order valence-electron chi connectivity index (χ4n) is 1.67. The summed E-state index contributed by atoms with van der Waals surface area (Å²) >= 11 is 3.42. The maximum absolute atomic E-state index is 5.76. The highest BCUT2D eigenvalue weighted by atomic mass is 79.9. The molecule has 0 bridgehead atoms. The number of pyridine rings is 1. The van der Waals surface area contributed by atoms with E-state index in [9.17, 15) is 0 Å². The van der Waals surface area contributed by atoms with Gasteiger partial charge in [0.05, 0.1) is 6.61 Å². The molecular weight excluding hydrogens is 292 g/mol. The summed E-state index contributed by atoms with van der Waals surface area (Å²) in [5.41, 5.74) is 7.87. The monoisotopic (exact) mass is 306 g/mol. The van der Waals surface area contributed by atoms with Crippen molar-refractivity contribution < 1.29 is 4.74 Å². The lowest BCUT2D eigenvalue weighted by molar-refractivity contribution is 0.318. The van der Waals surface area contributed by atoms with Crippen molar-refractivity contribution in [1.29, 1.82) is 0 Å². The second-order valence-electron chi connectivity index (χ2n) is 3.92. The number of nitrogens with zero attached hydrogens (tertiary/aromatic N) is 1. The molecule has 0 atom stereocenters. The Bertz CT molecular complexity index is 502. The van der Waals surface area contributed by atoms with Gasteiger partial charge in [-0.2, -0.15) is 0 Å². The normalized spacial score (nSPS) is 10.3. The highest BCUT2D eigenvalue weighted by Gasteiger charge is 2.03. The maximum atomic E-state index is 5.76. The van der Waals surface area contributed by atoms with Crippen LogP contribution in [0.4, 0.5) is 0 Å². The number of nitrogens with two attached hydrogens (primary N) is 1. The van der Waals surface area contributed by atoms with E-state index in [4.69, 9.17) is 10.5 Å². The highest BCUT2D eigenvalue weighted by Crippen LogP contribution is 2.22. The largest absolute Gasteiger partial charge is 0.493 e. The molecule has 0 spiro atoms. The van der Waals surface area contributed by atoms with Gasteiger partial charge < -0.3 is 10.5 Å². The van der Waals surface area contributed by atoms with Gasteiger partial charge >= 0.3 is 0 Å². The molecule has 0 aliphatic rings. The lowest BCUT2D eigenvalue weighted by Crippen LogP contribution is -2.06. The van der Waals surface area contributed by atoms with Crippen LogP contribution in [0.25, 0.3) is 0 Å². The van der Waals surface area contributed by atoms with E-state index in [0.29, 0.717) is 13.2 Å². The molecule has 1 aromatic heterocycles. The summed E-state index contributed by atoms with van der Waals surface area (Å²) in [6.45, 7) is 1.10. The molecule has 0 aliphatic heterocycles. The number of rotatable bonds is 5. The number of ether oxygens (including phenoxy) is 1. The SMILES string of the molecule is NCc1cc(Br)ccc1OCCc1cccnc1. The summed E-state index contributed by atoms with van der Waals surface area (Å²) in [5.74, 6) is 0.851. The van der Waals surface area contributed by atoms with E-state index in [2.05, 4.69) is 20.9 Å². The van der Waals surface area contributed by atoms with Crippen molar-refractivity contribution in [2.45, 2.75) is 13.0 Å². The van der Waals surface area contributed by atoms with Crippen LogP contribution in [0.15, 0.2) is 47.2 Å². The zero-order chi connectivity index (χ0) is 12.8. The molecule has 4 heteroatoms. The molecule has 18 heavy (non-hydrogen) atoms. The molecular formula is C14H15BrN2O. The van der Waals surface area contributed by atoms with Gasteiger partial charge in [0.15, 0.2) is 0 Å². The van der Waals surface area contributed by atoms with E-state index >= 15 is 0 Å². The fraction of sp³-hybridized carbons (Fsp3) is 0.214. The first-order valence-corrected chi connectivity index (χ1v) is 6.59. The molecule has 0 unspecified atom stereocenters. The van der Waals surface area contributed by atoms with Crippen molar-refractivity contribution in [3.63, 3.8) is 0 Å². The molecule has 0 fully saturated rings. The van der Waals surface area contributed by atoms with Gasteiger partial charge in [-0.15, -0.1) is 0 Å². The third kappa shape index (κ3) is 3.55. The van der Waals surface area contributed by atoms with Crippen LogP contribution in [0.5, 0.6) is 5.75 Å². The number of aromatic nitrogens is 1. The summed E-state index contributed by atoms with van der Waals surface area (Å²) in [6, 6.07) is 9.86. The first-order chi connectivity index (χ1) is 8.79. The van der Waals surface area contributed by atoms with Crippen LogP contribution in [0.2, 0.25) is 0 Å². The summed E-state index contributed by atoms with van der Waals surface area (Å²) in [4.78, 5) is 4.07. The van der Waals surface area contributed by atoms with E-state index in [-0.39, 0.29) is 0 Å². The Morgan fingerprint density at radius 2 is 2.17 bits per heavy atom. The Labute approximate surface area is 115 Å². The molecule has 1 heterocycles. The Hall–Kier alpha value is -1.39. The molecule has 94 valence electrons. The maximum Gasteiger partial charge on any atom is 0.123 e. The Morgan fingerprint density at radius 3 is 2.89 bits per heavy atom. The van der Waals surface area contributed by atoms with Crippen molar-refractivity contribution in [3.05, 3.63) is 58.3 Å². The average Bonchev–Trinajstić information content (AvgIpc) is 2.41. The van der Waals surface area contributed by atoms with E-state index in [1.54, 1.807) is 6.20 Å². The van der Waals surface area contributed by atoms with Crippen LogP contribution < -0.4 is 10.5 Å². The standard InChI is InChI=1S/C14H15BrN2O/c15-13-3-4-14(12(8-13)9-16)18-7-5-11-2-1-6-17-10-11/h1-4,6,8,10H,5,7,9,16H2. The molecule has 0 saturated heterocycles. The van der Waals surface area contributed by atoms with Crippen molar-refractivity contribution in [2.24, 2.45) is 5.73 Å². The minimum Gasteiger partial charge on any atom is -0.493 e. The van der Waals surface area contributed by atoms with Crippen LogP contribution in [-0.2, 0) is 13.0 Å². The number of hydrogen-bond donors (Lipinski definition) is 1. The van der Waals surface area contributed by atoms with Gasteiger partial charge in [0.1, 0.15) is 5.75 Å². The van der Waals surface area contributed by atoms with Crippen LogP contribution in [0.3, 0.4) is 0 Å². The predicted octanol–water partition coefficient (Wildman–Crippen LogP) is 2.92. The van der Waals surface area contributed by atoms with Crippen molar-refractivity contribution in [3.8, 4) is 5.75 Å². The van der Waals surface area contributed by atoms with Crippen molar-refractivity contribution in [1.82, 2.24) is 4.98 Å². The third-order valence-corrected chi connectivity index (χ3v) is 3.11. The fourth-order valence-corrected chi connectivity index (χ4v) is 2.08. The molecule has 2 aromatic rings. The second-order valence-corrected chi connectivity index (χ2v) is 4.83. The summed E-state index contributed by atoms with van der Waals surface area (Å²) in [7, 11) is 0. The van der Waals surface area contributed by atoms with Crippen LogP contribution in [0.1, 0.15) is 11.1 Å². The smallest absolute Gasteiger partial charge is 0.123 e. The Morgan fingerprint density at radius 1 is 1.28 bits per heavy atom. The topological polar surface area (TPSA) is 48.1 Å². The summed E-state index contributed by atoms with van der Waals surface area (Å²) in [6.07, 6.45) is 4.47. The molecule has 0 radical (unpaired) electrons. The van der Waals surface area contributed by atoms with Gasteiger partial charge in [-0.05, 0) is 29.8 Å². The Balaban J connectivity index is 1.94. The third-order valence-electron chi connectivity index (χ3n) is 2.61. The van der Waals surface area contributed by atoms with E-state index in [1.165, 1.54) is 5.56 Å². The highest BCUT2D eigenvalue weighted by molar-refractivity contribution is 9.10. The molecule has 2 N–H and O–H groups in total. The molecule has 0 saturated carbocycles. The minimum atomic E-state index is 0.474. The Kier molecular flexibility index (Phi) is 4.73. The van der Waals surface area contributed by atoms with Gasteiger partial charge in [0, 0.05) is 35.4 Å². The molecule has 0 aliphatic carbocycles. The molecule has 0 amide bonds. The van der Waals surface area contributed by atoms with Crippen LogP contribution in [0, 0.1) is 0 Å². The van der Waals surface area contributed by atoms with Gasteiger partial charge in [-0.25, -0.2) is 0 Å². The lowest BCUT2D eigenvalue weighted by atomic mass is 10.2. The van der Waals surface area contributed by atoms with E-state index in [0.717, 1.165) is 22.2 Å². The van der Waals surface area contributed by atoms with Gasteiger partial charge in [0.2, 0.25) is 0 Å². The molecule has 3 nitrogen and oxygen atoms in total. The zero-order valence-corrected chi connectivity index (χ0v) is 11.6. The first kappa shape index (κ1) is 13.1. The summed E-state index contributed by atoms with van der Waals surface area (Å²) < 4.78 is 6.77. The second kappa shape index (κ2) is 6.52. The van der Waals surface area contributed by atoms with Crippen LogP contribution in [-0.4, -0.2) is 11.6 Å². The van der Waals surface area contributed by atoms with Gasteiger partial charge in [-0.1, -0.05) is 22.0 Å². The van der Waals surface area contributed by atoms with Gasteiger partial charge in [0.25, 0.3) is 0 Å². The summed E-state index contributed by atoms with van der Waals surface area (Å²) in [5, 5.41) is 0. The zero-order valence-electron chi connectivity index (χ0n) is 9.97. The van der Waals surface area contributed by atoms with Crippen LogP contribution >= 0.6 is 15.9 Å². The quantitative estimate of drug-likeness (QED) is 0.924. The lowest BCUT2D eigenvalue weighted by Gasteiger charge is -2.10. The predicted molar refractivity (Wildman–Crippen MR) is 75.5 cm³/mol. The molecule has 2 rings (SSSR count). The minimum absolute atomic E-state index is 0.474. The molecule has 1 aromatic carbocycles. The first-order valence-electron chi connectivity index (χ1n) is 5.80. The van der Waals surface area contributed by atoms with E-state index in [1.807, 2.05) is 36.5 Å². The van der Waals surface area contributed by atoms with Crippen molar-refractivity contribution in [2.75, 3.05) is 6.61 Å². The van der Waals surface area contributed by atoms with Gasteiger partial charge in [-0.3, -0.25) is 4.98 Å². The average molecular weight is 307 g/mol. The van der Waals surface area contributed by atoms with Crippen molar-refractivity contribution >= 4 is 15.9 Å². The number of halogens is 1. The van der Waals surface area contributed by atoms with E-state index < -0.39 is 0 Å².